The van der Waals surface area contributed by atoms with Gasteiger partial charge < -0.3 is 15.5 Å². The summed E-state index contributed by atoms with van der Waals surface area (Å²) in [5, 5.41) is 10.5. The number of nitrogens with one attached hydrogen (secondary N) is 2. The number of amides is 1. The maximum atomic E-state index is 11.7. The van der Waals surface area contributed by atoms with Crippen LogP contribution in [0.1, 0.15) is 31.5 Å². The minimum atomic E-state index is 0. The zero-order valence-corrected chi connectivity index (χ0v) is 16.3. The van der Waals surface area contributed by atoms with Gasteiger partial charge >= 0.3 is 0 Å². The van der Waals surface area contributed by atoms with Gasteiger partial charge in [0, 0.05) is 27.2 Å². The van der Waals surface area contributed by atoms with Gasteiger partial charge in [-0.2, -0.15) is 5.10 Å². The van der Waals surface area contributed by atoms with E-state index >= 15 is 0 Å². The molecule has 1 heterocycles. The van der Waals surface area contributed by atoms with E-state index in [4.69, 9.17) is 0 Å². The fraction of sp³-hybridized carbons (Fsp3) is 0.714. The van der Waals surface area contributed by atoms with Gasteiger partial charge in [-0.1, -0.05) is 12.8 Å². The molecule has 0 aromatic carbocycles. The molecular formula is C14H26IN7O. The lowest BCUT2D eigenvalue weighted by molar-refractivity contribution is -0.127. The van der Waals surface area contributed by atoms with E-state index in [9.17, 15) is 4.79 Å². The quantitative estimate of drug-likeness (QED) is 0.400. The minimum Gasteiger partial charge on any atom is -0.354 e. The highest BCUT2D eigenvalue weighted by atomic mass is 127. The molecule has 9 heteroatoms. The molecule has 1 amide bonds. The molecule has 0 saturated heterocycles. The van der Waals surface area contributed by atoms with Crippen molar-refractivity contribution in [1.29, 1.82) is 0 Å². The molecule has 0 radical (unpaired) electrons. The minimum absolute atomic E-state index is 0. The fourth-order valence-corrected chi connectivity index (χ4v) is 2.35. The molecule has 0 aliphatic heterocycles. The lowest BCUT2D eigenvalue weighted by Gasteiger charge is -2.18. The van der Waals surface area contributed by atoms with Crippen LogP contribution < -0.4 is 10.6 Å². The molecule has 0 unspecified atom stereocenters. The average Bonchev–Trinajstić information content (AvgIpc) is 3.13. The molecule has 0 bridgehead atoms. The van der Waals surface area contributed by atoms with E-state index in [1.165, 1.54) is 19.2 Å². The Balaban J connectivity index is 0.00000264. The predicted molar refractivity (Wildman–Crippen MR) is 99.6 cm³/mol. The first-order chi connectivity index (χ1) is 10.6. The average molecular weight is 435 g/mol. The van der Waals surface area contributed by atoms with Crippen molar-refractivity contribution >= 4 is 35.8 Å². The summed E-state index contributed by atoms with van der Waals surface area (Å²) < 4.78 is 1.70. The van der Waals surface area contributed by atoms with Gasteiger partial charge in [0.15, 0.2) is 5.96 Å². The van der Waals surface area contributed by atoms with Gasteiger partial charge in [-0.3, -0.25) is 9.48 Å². The van der Waals surface area contributed by atoms with Crippen LogP contribution in [0.3, 0.4) is 0 Å². The fourth-order valence-electron chi connectivity index (χ4n) is 2.35. The van der Waals surface area contributed by atoms with Crippen LogP contribution in [-0.4, -0.2) is 58.2 Å². The highest BCUT2D eigenvalue weighted by molar-refractivity contribution is 14.0. The molecule has 2 N–H and O–H groups in total. The van der Waals surface area contributed by atoms with E-state index in [2.05, 4.69) is 25.7 Å². The number of aromatic nitrogens is 3. The van der Waals surface area contributed by atoms with Gasteiger partial charge in [0.2, 0.25) is 5.91 Å². The molecule has 1 aromatic heterocycles. The van der Waals surface area contributed by atoms with Crippen molar-refractivity contribution in [2.45, 2.75) is 38.3 Å². The molecule has 0 spiro atoms. The van der Waals surface area contributed by atoms with E-state index in [0.29, 0.717) is 18.5 Å². The van der Waals surface area contributed by atoms with E-state index in [1.807, 2.05) is 7.05 Å². The Labute approximate surface area is 154 Å². The van der Waals surface area contributed by atoms with E-state index in [0.717, 1.165) is 18.7 Å². The van der Waals surface area contributed by atoms with Crippen molar-refractivity contribution in [3.63, 3.8) is 0 Å². The predicted octanol–water partition coefficient (Wildman–Crippen LogP) is 0.499. The van der Waals surface area contributed by atoms with E-state index in [1.54, 1.807) is 23.7 Å². The molecule has 1 fully saturated rings. The number of carbonyl (C=O) groups excluding carboxylic acids is 1. The molecule has 2 rings (SSSR count). The summed E-state index contributed by atoms with van der Waals surface area (Å²) in [6.07, 6.45) is 6.28. The maximum Gasteiger partial charge on any atom is 0.241 e. The van der Waals surface area contributed by atoms with Crippen LogP contribution >= 0.6 is 24.0 Å². The van der Waals surface area contributed by atoms with Gasteiger partial charge in [-0.25, -0.2) is 9.98 Å². The summed E-state index contributed by atoms with van der Waals surface area (Å²) in [5.41, 5.74) is 0. The second-order valence-corrected chi connectivity index (χ2v) is 5.73. The summed E-state index contributed by atoms with van der Waals surface area (Å²) in [7, 11) is 5.32. The summed E-state index contributed by atoms with van der Waals surface area (Å²) in [4.78, 5) is 22.0. The number of hydrogen-bond acceptors (Lipinski definition) is 4. The molecule has 0 atom stereocenters. The van der Waals surface area contributed by atoms with Crippen LogP contribution in [-0.2, 0) is 18.4 Å². The molecule has 8 nitrogen and oxygen atoms in total. The first kappa shape index (κ1) is 19.7. The number of rotatable bonds is 5. The standard InChI is InChI=1S/C14H25N7O.HI/c1-20(2)13(22)9-16-14(19-11-6-4-5-7-11)15-8-12-17-10-18-21(12)3;/h10-11H,4-9H2,1-3H3,(H2,15,16,19);1H. The monoisotopic (exact) mass is 435 g/mol. The number of aliphatic imine (C=N–C) groups is 1. The van der Waals surface area contributed by atoms with E-state index in [-0.39, 0.29) is 36.4 Å². The second-order valence-electron chi connectivity index (χ2n) is 5.73. The number of hydrogen-bond donors (Lipinski definition) is 2. The molecule has 1 aromatic rings. The van der Waals surface area contributed by atoms with Crippen molar-refractivity contribution in [1.82, 2.24) is 30.3 Å². The van der Waals surface area contributed by atoms with E-state index < -0.39 is 0 Å². The number of nitrogens with zero attached hydrogens (tertiary/aromatic N) is 5. The van der Waals surface area contributed by atoms with Gasteiger partial charge in [0.1, 0.15) is 18.7 Å². The largest absolute Gasteiger partial charge is 0.354 e. The second kappa shape index (κ2) is 9.68. The van der Waals surface area contributed by atoms with Gasteiger partial charge in [-0.15, -0.1) is 24.0 Å². The lowest BCUT2D eigenvalue weighted by atomic mass is 10.2. The van der Waals surface area contributed by atoms with Gasteiger partial charge in [0.25, 0.3) is 0 Å². The van der Waals surface area contributed by atoms with Crippen LogP contribution in [0.4, 0.5) is 0 Å². The number of guanidine groups is 1. The van der Waals surface area contributed by atoms with Crippen molar-refractivity contribution < 1.29 is 4.79 Å². The van der Waals surface area contributed by atoms with Crippen LogP contribution in [0, 0.1) is 0 Å². The maximum absolute atomic E-state index is 11.7. The Hall–Kier alpha value is -1.39. The van der Waals surface area contributed by atoms with Crippen molar-refractivity contribution in [3.05, 3.63) is 12.2 Å². The van der Waals surface area contributed by atoms with Crippen LogP contribution in [0.2, 0.25) is 0 Å². The Morgan fingerprint density at radius 3 is 2.70 bits per heavy atom. The third-order valence-corrected chi connectivity index (χ3v) is 3.79. The Morgan fingerprint density at radius 2 is 2.13 bits per heavy atom. The summed E-state index contributed by atoms with van der Waals surface area (Å²) in [5.74, 6) is 1.45. The van der Waals surface area contributed by atoms with Gasteiger partial charge in [0.05, 0.1) is 6.54 Å². The zero-order chi connectivity index (χ0) is 15.9. The summed E-state index contributed by atoms with van der Waals surface area (Å²) in [6.45, 7) is 0.652. The van der Waals surface area contributed by atoms with Gasteiger partial charge in [-0.05, 0) is 12.8 Å². The molecule has 1 aliphatic rings. The molecule has 1 aliphatic carbocycles. The lowest BCUT2D eigenvalue weighted by Crippen LogP contribution is -2.46. The Morgan fingerprint density at radius 1 is 1.43 bits per heavy atom. The first-order valence-electron chi connectivity index (χ1n) is 7.64. The number of aryl methyl sites for hydroxylation is 1. The number of halogens is 1. The molecule has 23 heavy (non-hydrogen) atoms. The molecular weight excluding hydrogens is 409 g/mol. The topological polar surface area (TPSA) is 87.4 Å². The van der Waals surface area contributed by atoms with Crippen LogP contribution in [0.15, 0.2) is 11.3 Å². The van der Waals surface area contributed by atoms with Crippen LogP contribution in [0.25, 0.3) is 0 Å². The third kappa shape index (κ3) is 6.32. The van der Waals surface area contributed by atoms with Crippen molar-refractivity contribution in [2.75, 3.05) is 20.6 Å². The highest BCUT2D eigenvalue weighted by Gasteiger charge is 2.17. The number of carbonyl (C=O) groups is 1. The van der Waals surface area contributed by atoms with Crippen LogP contribution in [0.5, 0.6) is 0 Å². The normalized spacial score (nSPS) is 15.2. The Bertz CT molecular complexity index is 523. The SMILES string of the molecule is CN(C)C(=O)CNC(=NCc1ncnn1C)NC1CCCC1.I. The first-order valence-corrected chi connectivity index (χ1v) is 7.64. The molecule has 130 valence electrons. The van der Waals surface area contributed by atoms with Crippen molar-refractivity contribution in [3.8, 4) is 0 Å². The smallest absolute Gasteiger partial charge is 0.241 e. The zero-order valence-electron chi connectivity index (χ0n) is 13.9. The molecule has 1 saturated carbocycles. The Kier molecular flexibility index (Phi) is 8.28. The summed E-state index contributed by atoms with van der Waals surface area (Å²) in [6, 6.07) is 0.431. The number of likely N-dealkylation sites (N-methyl/N-ethyl adjacent to an activating group) is 1. The third-order valence-electron chi connectivity index (χ3n) is 3.79. The highest BCUT2D eigenvalue weighted by Crippen LogP contribution is 2.17. The summed E-state index contributed by atoms with van der Waals surface area (Å²) >= 11 is 0. The van der Waals surface area contributed by atoms with Crippen molar-refractivity contribution in [2.24, 2.45) is 12.0 Å².